The van der Waals surface area contributed by atoms with Crippen molar-refractivity contribution in [2.45, 2.75) is 6.18 Å². The number of ether oxygens (including phenoxy) is 1. The number of alkyl halides is 3. The first-order valence-electron chi connectivity index (χ1n) is 7.96. The normalized spacial score (nSPS) is 11.1. The lowest BCUT2D eigenvalue weighted by Crippen LogP contribution is -2.36. The summed E-state index contributed by atoms with van der Waals surface area (Å²) in [5.41, 5.74) is -2.15. The molecule has 3 rings (SSSR count). The molecule has 7 nitrogen and oxygen atoms in total. The second-order valence-electron chi connectivity index (χ2n) is 5.48. The van der Waals surface area contributed by atoms with E-state index in [1.807, 2.05) is 0 Å². The molecule has 1 aromatic carbocycles. The fraction of sp³-hybridized carbons (Fsp3) is 0.111. The summed E-state index contributed by atoms with van der Waals surface area (Å²) < 4.78 is 58.4. The van der Waals surface area contributed by atoms with Gasteiger partial charge in [-0.2, -0.15) is 23.4 Å². The highest BCUT2D eigenvalue weighted by Gasteiger charge is 2.39. The number of carbonyl (C=O) groups is 1. The summed E-state index contributed by atoms with van der Waals surface area (Å²) in [6.45, 7) is 0. The van der Waals surface area contributed by atoms with E-state index in [1.165, 1.54) is 25.4 Å². The molecule has 0 spiro atoms. The molecule has 29 heavy (non-hydrogen) atoms. The summed E-state index contributed by atoms with van der Waals surface area (Å²) in [6, 6.07) is 6.64. The Morgan fingerprint density at radius 3 is 2.52 bits per heavy atom. The third kappa shape index (κ3) is 4.39. The van der Waals surface area contributed by atoms with Gasteiger partial charge in [0.05, 0.1) is 25.1 Å². The Morgan fingerprint density at radius 2 is 1.86 bits per heavy atom. The molecule has 0 saturated carbocycles. The van der Waals surface area contributed by atoms with Gasteiger partial charge in [0.25, 0.3) is 5.91 Å². The van der Waals surface area contributed by atoms with Crippen LogP contribution in [-0.4, -0.2) is 28.2 Å². The molecule has 0 unspecified atom stereocenters. The number of hydrogen-bond acceptors (Lipinski definition) is 6. The molecule has 0 aliphatic heterocycles. The van der Waals surface area contributed by atoms with Crippen LogP contribution in [0.2, 0.25) is 0 Å². The molecule has 0 aliphatic carbocycles. The van der Waals surface area contributed by atoms with Crippen LogP contribution in [0.4, 0.5) is 23.2 Å². The lowest BCUT2D eigenvalue weighted by molar-refractivity contribution is -0.141. The number of nitrogens with zero attached hydrogens (tertiary/aromatic N) is 4. The minimum Gasteiger partial charge on any atom is -0.493 e. The molecule has 0 atom stereocenters. The van der Waals surface area contributed by atoms with Gasteiger partial charge in [-0.25, -0.2) is 4.39 Å². The van der Waals surface area contributed by atoms with Gasteiger partial charge in [0.1, 0.15) is 11.5 Å². The van der Waals surface area contributed by atoms with Crippen LogP contribution in [0.5, 0.6) is 11.5 Å². The second-order valence-corrected chi connectivity index (χ2v) is 5.48. The second kappa shape index (κ2) is 8.09. The van der Waals surface area contributed by atoms with Crippen molar-refractivity contribution in [3.8, 4) is 11.5 Å². The number of hydroxylamine groups is 1. The van der Waals surface area contributed by atoms with E-state index in [1.54, 1.807) is 0 Å². The molecular formula is C18H12F4N4O3. The van der Waals surface area contributed by atoms with Gasteiger partial charge < -0.3 is 9.57 Å². The number of rotatable bonds is 5. The molecule has 0 radical (unpaired) electrons. The van der Waals surface area contributed by atoms with E-state index in [-0.39, 0.29) is 17.2 Å². The predicted octanol–water partition coefficient (Wildman–Crippen LogP) is 3.68. The van der Waals surface area contributed by atoms with E-state index in [9.17, 15) is 22.4 Å². The van der Waals surface area contributed by atoms with E-state index in [0.29, 0.717) is 5.06 Å². The lowest BCUT2D eigenvalue weighted by atomic mass is 10.1. The largest absolute Gasteiger partial charge is 0.493 e. The van der Waals surface area contributed by atoms with Crippen LogP contribution >= 0.6 is 0 Å². The van der Waals surface area contributed by atoms with Crippen molar-refractivity contribution in [2.24, 2.45) is 0 Å². The summed E-state index contributed by atoms with van der Waals surface area (Å²) >= 11 is 0. The van der Waals surface area contributed by atoms with Crippen LogP contribution in [0.3, 0.4) is 0 Å². The van der Waals surface area contributed by atoms with Gasteiger partial charge in [0.15, 0.2) is 17.2 Å². The Bertz CT molecular complexity index is 1020. The third-order valence-electron chi connectivity index (χ3n) is 3.61. The van der Waals surface area contributed by atoms with Gasteiger partial charge in [-0.05, 0) is 30.3 Å². The third-order valence-corrected chi connectivity index (χ3v) is 3.61. The number of anilines is 1. The molecule has 0 saturated heterocycles. The molecule has 11 heteroatoms. The molecule has 2 heterocycles. The summed E-state index contributed by atoms with van der Waals surface area (Å²) in [5, 5.41) is 7.72. The Hall–Kier alpha value is -3.76. The van der Waals surface area contributed by atoms with Gasteiger partial charge in [0.2, 0.25) is 0 Å². The van der Waals surface area contributed by atoms with Crippen LogP contribution in [0, 0.1) is 5.82 Å². The zero-order valence-corrected chi connectivity index (χ0v) is 14.7. The van der Waals surface area contributed by atoms with Crippen molar-refractivity contribution < 1.29 is 31.9 Å². The van der Waals surface area contributed by atoms with Crippen molar-refractivity contribution in [2.75, 3.05) is 12.2 Å². The average molecular weight is 408 g/mol. The Kier molecular flexibility index (Phi) is 5.57. The first kappa shape index (κ1) is 20.0. The van der Waals surface area contributed by atoms with Gasteiger partial charge in [-0.1, -0.05) is 0 Å². The minimum atomic E-state index is -4.87. The maximum absolute atomic E-state index is 13.4. The van der Waals surface area contributed by atoms with Gasteiger partial charge in [0, 0.05) is 12.3 Å². The standard InChI is InChI=1S/C18H12F4N4O3/c1-28-15-9-11(19)4-5-14(15)29-26(12-6-8-24-25-10-12)17(27)13-3-2-7-23-16(13)18(20,21)22/h2-10H,1H3. The van der Waals surface area contributed by atoms with Crippen molar-refractivity contribution >= 4 is 11.6 Å². The van der Waals surface area contributed by atoms with Crippen molar-refractivity contribution in [3.05, 3.63) is 72.1 Å². The highest BCUT2D eigenvalue weighted by atomic mass is 19.4. The summed E-state index contributed by atoms with van der Waals surface area (Å²) in [4.78, 5) is 21.7. The number of carbonyl (C=O) groups excluding carboxylic acids is 1. The maximum atomic E-state index is 13.4. The zero-order chi connectivity index (χ0) is 21.0. The first-order chi connectivity index (χ1) is 13.8. The topological polar surface area (TPSA) is 77.4 Å². The van der Waals surface area contributed by atoms with Crippen molar-refractivity contribution in [3.63, 3.8) is 0 Å². The van der Waals surface area contributed by atoms with E-state index < -0.39 is 29.2 Å². The quantitative estimate of drug-likeness (QED) is 0.474. The molecule has 2 aromatic heterocycles. The molecule has 0 N–H and O–H groups in total. The molecule has 3 aromatic rings. The number of methoxy groups -OCH3 is 1. The van der Waals surface area contributed by atoms with Gasteiger partial charge >= 0.3 is 6.18 Å². The van der Waals surface area contributed by atoms with E-state index in [0.717, 1.165) is 36.7 Å². The smallest absolute Gasteiger partial charge is 0.434 e. The summed E-state index contributed by atoms with van der Waals surface area (Å²) in [5.74, 6) is -2.00. The number of hydrogen-bond donors (Lipinski definition) is 0. The van der Waals surface area contributed by atoms with Crippen molar-refractivity contribution in [1.29, 1.82) is 0 Å². The fourth-order valence-corrected chi connectivity index (χ4v) is 2.34. The maximum Gasteiger partial charge on any atom is 0.434 e. The number of halogens is 4. The molecule has 0 aliphatic rings. The van der Waals surface area contributed by atoms with E-state index in [2.05, 4.69) is 15.2 Å². The zero-order valence-electron chi connectivity index (χ0n) is 14.7. The number of benzene rings is 1. The Balaban J connectivity index is 2.08. The summed E-state index contributed by atoms with van der Waals surface area (Å²) in [7, 11) is 1.24. The highest BCUT2D eigenvalue weighted by Crippen LogP contribution is 2.33. The van der Waals surface area contributed by atoms with Crippen molar-refractivity contribution in [1.82, 2.24) is 15.2 Å². The number of pyridine rings is 1. The lowest BCUT2D eigenvalue weighted by Gasteiger charge is -2.24. The summed E-state index contributed by atoms with van der Waals surface area (Å²) in [6.07, 6.45) is -1.63. The molecule has 1 amide bonds. The van der Waals surface area contributed by atoms with Crippen LogP contribution in [0.15, 0.2) is 55.0 Å². The first-order valence-corrected chi connectivity index (χ1v) is 7.96. The van der Waals surface area contributed by atoms with Crippen LogP contribution < -0.4 is 14.6 Å². The molecule has 0 bridgehead atoms. The fourth-order valence-electron chi connectivity index (χ4n) is 2.34. The molecule has 0 fully saturated rings. The molecule has 150 valence electrons. The van der Waals surface area contributed by atoms with Crippen LogP contribution in [0.25, 0.3) is 0 Å². The predicted molar refractivity (Wildman–Crippen MR) is 91.7 cm³/mol. The monoisotopic (exact) mass is 408 g/mol. The average Bonchev–Trinajstić information content (AvgIpc) is 2.72. The van der Waals surface area contributed by atoms with Gasteiger partial charge in [-0.3, -0.25) is 9.78 Å². The highest BCUT2D eigenvalue weighted by molar-refractivity contribution is 6.05. The van der Waals surface area contributed by atoms with E-state index >= 15 is 0 Å². The SMILES string of the molecule is COc1cc(F)ccc1ON(C(=O)c1cccnc1C(F)(F)F)c1ccnnc1. The number of amides is 1. The van der Waals surface area contributed by atoms with Crippen LogP contribution in [0.1, 0.15) is 16.1 Å². The Morgan fingerprint density at radius 1 is 1.07 bits per heavy atom. The van der Waals surface area contributed by atoms with E-state index in [4.69, 9.17) is 9.57 Å². The Labute approximate surface area is 161 Å². The van der Waals surface area contributed by atoms with Crippen LogP contribution in [-0.2, 0) is 6.18 Å². The number of aromatic nitrogens is 3. The minimum absolute atomic E-state index is 0.0200. The molecular weight excluding hydrogens is 396 g/mol. The van der Waals surface area contributed by atoms with Gasteiger partial charge in [-0.15, -0.1) is 5.06 Å².